The van der Waals surface area contributed by atoms with E-state index in [4.69, 9.17) is 28.4 Å². The van der Waals surface area contributed by atoms with Crippen molar-refractivity contribution >= 4 is 5.97 Å². The number of halogens is 1. The first-order chi connectivity index (χ1) is 17.1. The Morgan fingerprint density at radius 3 is 2.71 bits per heavy atom. The summed E-state index contributed by atoms with van der Waals surface area (Å²) in [4.78, 5) is 11.7. The summed E-state index contributed by atoms with van der Waals surface area (Å²) in [6.45, 7) is 0.596. The van der Waals surface area contributed by atoms with E-state index in [1.807, 2.05) is 12.1 Å². The number of hydrogen-bond acceptors (Lipinski definition) is 7. The largest absolute Gasteiger partial charge is 0.492 e. The topological polar surface area (TPSA) is 72.5 Å². The van der Waals surface area contributed by atoms with Gasteiger partial charge in [0.15, 0.2) is 11.5 Å². The summed E-state index contributed by atoms with van der Waals surface area (Å²) in [6, 6.07) is 13.9. The third-order valence-corrected chi connectivity index (χ3v) is 6.60. The summed E-state index contributed by atoms with van der Waals surface area (Å²) in [7, 11) is 1.38. The number of carbonyl (C=O) groups is 1. The van der Waals surface area contributed by atoms with E-state index in [-0.39, 0.29) is 30.9 Å². The molecule has 0 N–H and O–H groups in total. The summed E-state index contributed by atoms with van der Waals surface area (Å²) in [5.74, 6) is 3.09. The third-order valence-electron chi connectivity index (χ3n) is 6.60. The van der Waals surface area contributed by atoms with Gasteiger partial charge in [-0.1, -0.05) is 6.07 Å². The zero-order valence-electron chi connectivity index (χ0n) is 19.0. The molecule has 2 heterocycles. The van der Waals surface area contributed by atoms with E-state index in [2.05, 4.69) is 0 Å². The second-order valence-corrected chi connectivity index (χ2v) is 8.69. The molecule has 3 aromatic rings. The Kier molecular flexibility index (Phi) is 5.36. The molecule has 35 heavy (non-hydrogen) atoms. The van der Waals surface area contributed by atoms with E-state index in [0.717, 1.165) is 11.1 Å². The van der Waals surface area contributed by atoms with Crippen LogP contribution < -0.4 is 23.7 Å². The molecule has 6 rings (SSSR count). The Hall–Kier alpha value is -3.94. The van der Waals surface area contributed by atoms with Crippen molar-refractivity contribution in [1.29, 1.82) is 0 Å². The molecule has 1 aliphatic carbocycles. The fourth-order valence-corrected chi connectivity index (χ4v) is 4.87. The van der Waals surface area contributed by atoms with Crippen LogP contribution in [0.2, 0.25) is 0 Å². The van der Waals surface area contributed by atoms with Crippen molar-refractivity contribution in [3.63, 3.8) is 0 Å². The van der Waals surface area contributed by atoms with E-state index >= 15 is 0 Å². The van der Waals surface area contributed by atoms with Crippen molar-refractivity contribution in [2.75, 3.05) is 20.5 Å². The maximum absolute atomic E-state index is 14.9. The maximum atomic E-state index is 14.9. The maximum Gasteiger partial charge on any atom is 0.306 e. The average Bonchev–Trinajstić information content (AvgIpc) is 3.60. The first-order valence-corrected chi connectivity index (χ1v) is 11.5. The minimum atomic E-state index is -0.448. The number of carbonyl (C=O) groups excluding carboxylic acids is 1. The van der Waals surface area contributed by atoms with Gasteiger partial charge in [0, 0.05) is 34.7 Å². The van der Waals surface area contributed by atoms with Crippen molar-refractivity contribution in [2.45, 2.75) is 31.3 Å². The molecule has 3 aromatic carbocycles. The summed E-state index contributed by atoms with van der Waals surface area (Å²) in [5, 5.41) is 0. The number of benzene rings is 3. The highest BCUT2D eigenvalue weighted by Gasteiger charge is 2.32. The van der Waals surface area contributed by atoms with Gasteiger partial charge < -0.3 is 28.4 Å². The molecule has 8 heteroatoms. The fraction of sp³-hybridized carbons (Fsp3) is 0.296. The predicted molar refractivity (Wildman–Crippen MR) is 122 cm³/mol. The van der Waals surface area contributed by atoms with Crippen LogP contribution in [0.3, 0.4) is 0 Å². The highest BCUT2D eigenvalue weighted by atomic mass is 19.1. The highest BCUT2D eigenvalue weighted by Crippen LogP contribution is 2.45. The molecule has 180 valence electrons. The van der Waals surface area contributed by atoms with Crippen LogP contribution in [-0.2, 0) is 16.0 Å². The summed E-state index contributed by atoms with van der Waals surface area (Å²) >= 11 is 0. The molecule has 0 spiro atoms. The molecular weight excluding hydrogens is 455 g/mol. The Labute approximate surface area is 201 Å². The molecule has 0 aromatic heterocycles. The molecular formula is C27H23FO7. The third kappa shape index (κ3) is 3.99. The molecule has 2 aliphatic heterocycles. The predicted octanol–water partition coefficient (Wildman–Crippen LogP) is 5.45. The van der Waals surface area contributed by atoms with Crippen molar-refractivity contribution in [2.24, 2.45) is 0 Å². The minimum absolute atomic E-state index is 0.0490. The van der Waals surface area contributed by atoms with Gasteiger partial charge in [0.05, 0.1) is 20.1 Å². The summed E-state index contributed by atoms with van der Waals surface area (Å²) in [6.07, 6.45) is 1.06. The average molecular weight is 478 g/mol. The molecule has 0 unspecified atom stereocenters. The van der Waals surface area contributed by atoms with Crippen LogP contribution in [0.15, 0.2) is 48.5 Å². The highest BCUT2D eigenvalue weighted by molar-refractivity contribution is 5.71. The van der Waals surface area contributed by atoms with E-state index in [9.17, 15) is 9.18 Å². The Bertz CT molecular complexity index is 1300. The van der Waals surface area contributed by atoms with Crippen LogP contribution >= 0.6 is 0 Å². The molecule has 0 saturated carbocycles. The Balaban J connectivity index is 1.21. The number of methoxy groups -OCH3 is 1. The number of rotatable bonds is 6. The summed E-state index contributed by atoms with van der Waals surface area (Å²) in [5.41, 5.74) is 2.25. The van der Waals surface area contributed by atoms with Gasteiger partial charge >= 0.3 is 5.97 Å². The first-order valence-electron chi connectivity index (χ1n) is 11.5. The van der Waals surface area contributed by atoms with Crippen LogP contribution in [0, 0.1) is 5.82 Å². The molecule has 0 bridgehead atoms. The molecule has 0 fully saturated rings. The molecule has 7 nitrogen and oxygen atoms in total. The number of hydrogen-bond donors (Lipinski definition) is 0. The van der Waals surface area contributed by atoms with Crippen molar-refractivity contribution in [3.8, 4) is 34.5 Å². The first kappa shape index (κ1) is 21.6. The van der Waals surface area contributed by atoms with Crippen LogP contribution in [0.4, 0.5) is 4.39 Å². The van der Waals surface area contributed by atoms with Gasteiger partial charge in [-0.15, -0.1) is 0 Å². The minimum Gasteiger partial charge on any atom is -0.492 e. The molecule has 0 saturated heterocycles. The van der Waals surface area contributed by atoms with Gasteiger partial charge in [-0.3, -0.25) is 4.79 Å². The molecule has 2 atom stereocenters. The number of esters is 1. The van der Waals surface area contributed by atoms with Gasteiger partial charge in [0.25, 0.3) is 0 Å². The van der Waals surface area contributed by atoms with E-state index in [1.165, 1.54) is 13.2 Å². The molecule has 3 aliphatic rings. The molecule has 0 amide bonds. The van der Waals surface area contributed by atoms with Crippen LogP contribution in [0.25, 0.3) is 0 Å². The monoisotopic (exact) mass is 478 g/mol. The lowest BCUT2D eigenvalue weighted by Crippen LogP contribution is -2.09. The zero-order valence-corrected chi connectivity index (χ0v) is 19.0. The van der Waals surface area contributed by atoms with Crippen molar-refractivity contribution in [3.05, 3.63) is 71.0 Å². The van der Waals surface area contributed by atoms with Gasteiger partial charge in [0.1, 0.15) is 34.9 Å². The van der Waals surface area contributed by atoms with Gasteiger partial charge in [0.2, 0.25) is 6.79 Å². The van der Waals surface area contributed by atoms with Crippen LogP contribution in [0.1, 0.15) is 41.6 Å². The van der Waals surface area contributed by atoms with E-state index < -0.39 is 6.10 Å². The fourth-order valence-electron chi connectivity index (χ4n) is 4.87. The second-order valence-electron chi connectivity index (χ2n) is 8.69. The number of ether oxygens (including phenoxy) is 6. The summed E-state index contributed by atoms with van der Waals surface area (Å²) < 4.78 is 48.5. The van der Waals surface area contributed by atoms with E-state index in [0.29, 0.717) is 59.5 Å². The lowest BCUT2D eigenvalue weighted by Gasteiger charge is -2.17. The van der Waals surface area contributed by atoms with Crippen LogP contribution in [0.5, 0.6) is 34.5 Å². The zero-order chi connectivity index (χ0) is 23.9. The van der Waals surface area contributed by atoms with E-state index in [1.54, 1.807) is 30.3 Å². The lowest BCUT2D eigenvalue weighted by molar-refractivity contribution is -0.141. The quantitative estimate of drug-likeness (QED) is 0.436. The number of fused-ring (bicyclic) bond motifs is 3. The Morgan fingerprint density at radius 1 is 1.00 bits per heavy atom. The lowest BCUT2D eigenvalue weighted by atomic mass is 9.98. The van der Waals surface area contributed by atoms with Gasteiger partial charge in [-0.2, -0.15) is 0 Å². The smallest absolute Gasteiger partial charge is 0.306 e. The molecule has 0 radical (unpaired) electrons. The standard InChI is InChI=1S/C27H23FO7/c1-30-26(29)10-15-13-31-24-11-16(2-4-18(15)24)35-23-8-5-19-21(9-6-20(28)27(19)23)34-17-3-7-22-25(12-17)33-14-32-22/h2-4,6-7,9,11-12,15,23H,5,8,10,13-14H2,1H3/t15-,23-/m1/s1. The SMILES string of the molecule is COC(=O)C[C@@H]1COc2cc(O[C@@H]3CCc4c(Oc5ccc6c(c5)OCO6)ccc(F)c43)ccc21. The Morgan fingerprint density at radius 2 is 1.83 bits per heavy atom. The normalized spacial score (nSPS) is 19.0. The van der Waals surface area contributed by atoms with Crippen molar-refractivity contribution < 1.29 is 37.6 Å². The van der Waals surface area contributed by atoms with Gasteiger partial charge in [-0.25, -0.2) is 4.39 Å². The van der Waals surface area contributed by atoms with Crippen LogP contribution in [-0.4, -0.2) is 26.5 Å². The van der Waals surface area contributed by atoms with Gasteiger partial charge in [-0.05, 0) is 43.2 Å². The van der Waals surface area contributed by atoms with Crippen molar-refractivity contribution in [1.82, 2.24) is 0 Å². The second kappa shape index (κ2) is 8.69.